The van der Waals surface area contributed by atoms with Crippen molar-refractivity contribution in [2.45, 2.75) is 6.42 Å². The van der Waals surface area contributed by atoms with Gasteiger partial charge in [0.1, 0.15) is 0 Å². The molecule has 0 aliphatic heterocycles. The van der Waals surface area contributed by atoms with Gasteiger partial charge in [-0.05, 0) is 5.21 Å². The molecule has 0 bridgehead atoms. The number of nitrogens with zero attached hydrogens (tertiary/aromatic N) is 4. The average Bonchev–Trinajstić information content (AvgIpc) is 2.17. The first-order valence-electron chi connectivity index (χ1n) is 2.62. The van der Waals surface area contributed by atoms with E-state index >= 15 is 0 Å². The molecule has 0 saturated heterocycles. The SMILES string of the molecule is Cn1nnc(CCBr)n1. The van der Waals surface area contributed by atoms with Gasteiger partial charge in [0, 0.05) is 11.8 Å². The van der Waals surface area contributed by atoms with Crippen LogP contribution in [0, 0.1) is 0 Å². The summed E-state index contributed by atoms with van der Waals surface area (Å²) < 4.78 is 0. The van der Waals surface area contributed by atoms with E-state index in [-0.39, 0.29) is 0 Å². The molecule has 50 valence electrons. The second-order valence-electron chi connectivity index (χ2n) is 1.63. The standard InChI is InChI=1S/C4H7BrN4/c1-9-7-4(2-3-5)6-8-9/h2-3H2,1H3. The average molecular weight is 191 g/mol. The summed E-state index contributed by atoms with van der Waals surface area (Å²) in [6.07, 6.45) is 0.841. The molecule has 0 saturated carbocycles. The van der Waals surface area contributed by atoms with E-state index in [2.05, 4.69) is 31.3 Å². The van der Waals surface area contributed by atoms with Crippen molar-refractivity contribution in [2.24, 2.45) is 7.05 Å². The van der Waals surface area contributed by atoms with Crippen LogP contribution in [0.1, 0.15) is 5.82 Å². The lowest BCUT2D eigenvalue weighted by atomic mass is 10.5. The summed E-state index contributed by atoms with van der Waals surface area (Å²) in [5.41, 5.74) is 0. The topological polar surface area (TPSA) is 43.6 Å². The molecule has 1 rings (SSSR count). The summed E-state index contributed by atoms with van der Waals surface area (Å²) >= 11 is 3.28. The van der Waals surface area contributed by atoms with Crippen molar-refractivity contribution >= 4 is 15.9 Å². The Hall–Kier alpha value is -0.450. The maximum Gasteiger partial charge on any atom is 0.175 e. The van der Waals surface area contributed by atoms with Crippen LogP contribution >= 0.6 is 15.9 Å². The van der Waals surface area contributed by atoms with Crippen LogP contribution in [-0.4, -0.2) is 25.5 Å². The van der Waals surface area contributed by atoms with Crippen LogP contribution in [-0.2, 0) is 13.5 Å². The van der Waals surface area contributed by atoms with E-state index in [0.717, 1.165) is 17.6 Å². The minimum absolute atomic E-state index is 0.786. The van der Waals surface area contributed by atoms with Crippen molar-refractivity contribution < 1.29 is 0 Å². The van der Waals surface area contributed by atoms with Crippen molar-refractivity contribution in [1.29, 1.82) is 0 Å². The summed E-state index contributed by atoms with van der Waals surface area (Å²) in [6.45, 7) is 0. The Morgan fingerprint density at radius 2 is 2.44 bits per heavy atom. The molecule has 5 heteroatoms. The van der Waals surface area contributed by atoms with Crippen LogP contribution in [0.5, 0.6) is 0 Å². The minimum Gasteiger partial charge on any atom is -0.167 e. The van der Waals surface area contributed by atoms with Gasteiger partial charge in [0.15, 0.2) is 5.82 Å². The quantitative estimate of drug-likeness (QED) is 0.625. The van der Waals surface area contributed by atoms with Crippen LogP contribution < -0.4 is 0 Å². The third-order valence-corrected chi connectivity index (χ3v) is 1.26. The van der Waals surface area contributed by atoms with Crippen molar-refractivity contribution in [2.75, 3.05) is 5.33 Å². The number of aryl methyl sites for hydroxylation is 2. The van der Waals surface area contributed by atoms with Gasteiger partial charge in [-0.2, -0.15) is 4.80 Å². The Morgan fingerprint density at radius 1 is 1.67 bits per heavy atom. The van der Waals surface area contributed by atoms with Gasteiger partial charge in [-0.15, -0.1) is 10.2 Å². The van der Waals surface area contributed by atoms with E-state index in [1.165, 1.54) is 4.80 Å². The highest BCUT2D eigenvalue weighted by Crippen LogP contribution is 1.90. The van der Waals surface area contributed by atoms with Crippen LogP contribution in [0.2, 0.25) is 0 Å². The molecule has 0 radical (unpaired) electrons. The maximum absolute atomic E-state index is 3.96. The van der Waals surface area contributed by atoms with E-state index in [1.807, 2.05) is 0 Å². The predicted octanol–water partition coefficient (Wildman–Crippen LogP) is 0.147. The van der Waals surface area contributed by atoms with E-state index in [1.54, 1.807) is 7.05 Å². The molecule has 0 aliphatic carbocycles. The molecule has 1 heterocycles. The summed E-state index contributed by atoms with van der Waals surface area (Å²) in [4.78, 5) is 1.46. The number of alkyl halides is 1. The monoisotopic (exact) mass is 190 g/mol. The molecule has 0 unspecified atom stereocenters. The van der Waals surface area contributed by atoms with Gasteiger partial charge in [-0.25, -0.2) is 0 Å². The van der Waals surface area contributed by atoms with Crippen molar-refractivity contribution in [3.05, 3.63) is 5.82 Å². The fourth-order valence-corrected chi connectivity index (χ4v) is 0.863. The zero-order chi connectivity index (χ0) is 6.69. The highest BCUT2D eigenvalue weighted by Gasteiger charge is 1.95. The van der Waals surface area contributed by atoms with Gasteiger partial charge in [0.25, 0.3) is 0 Å². The summed E-state index contributed by atoms with van der Waals surface area (Å²) in [7, 11) is 1.75. The number of aromatic nitrogens is 4. The fraction of sp³-hybridized carbons (Fsp3) is 0.750. The van der Waals surface area contributed by atoms with Crippen molar-refractivity contribution in [3.8, 4) is 0 Å². The molecule has 0 spiro atoms. The van der Waals surface area contributed by atoms with Gasteiger partial charge in [0.2, 0.25) is 0 Å². The molecule has 0 atom stereocenters. The Labute approximate surface area is 61.4 Å². The van der Waals surface area contributed by atoms with Crippen molar-refractivity contribution in [1.82, 2.24) is 20.2 Å². The summed E-state index contributed by atoms with van der Waals surface area (Å²) in [5, 5.41) is 12.3. The lowest BCUT2D eigenvalue weighted by molar-refractivity contribution is 0.628. The smallest absolute Gasteiger partial charge is 0.167 e. The van der Waals surface area contributed by atoms with E-state index in [9.17, 15) is 0 Å². The number of hydrogen-bond donors (Lipinski definition) is 0. The molecular weight excluding hydrogens is 184 g/mol. The van der Waals surface area contributed by atoms with Gasteiger partial charge < -0.3 is 0 Å². The van der Waals surface area contributed by atoms with Gasteiger partial charge in [-0.3, -0.25) is 0 Å². The molecule has 0 aromatic carbocycles. The number of hydrogen-bond acceptors (Lipinski definition) is 3. The lowest BCUT2D eigenvalue weighted by Gasteiger charge is -1.81. The zero-order valence-electron chi connectivity index (χ0n) is 5.08. The summed E-state index contributed by atoms with van der Waals surface area (Å²) in [5.74, 6) is 0.786. The van der Waals surface area contributed by atoms with Crippen molar-refractivity contribution in [3.63, 3.8) is 0 Å². The van der Waals surface area contributed by atoms with Crippen LogP contribution in [0.25, 0.3) is 0 Å². The first kappa shape index (κ1) is 6.67. The second-order valence-corrected chi connectivity index (χ2v) is 2.43. The molecule has 9 heavy (non-hydrogen) atoms. The van der Waals surface area contributed by atoms with Crippen LogP contribution in [0.15, 0.2) is 0 Å². The molecule has 0 N–H and O–H groups in total. The highest BCUT2D eigenvalue weighted by atomic mass is 79.9. The zero-order valence-corrected chi connectivity index (χ0v) is 6.67. The third-order valence-electron chi connectivity index (χ3n) is 0.868. The fourth-order valence-electron chi connectivity index (χ4n) is 0.508. The van der Waals surface area contributed by atoms with Crippen LogP contribution in [0.3, 0.4) is 0 Å². The first-order chi connectivity index (χ1) is 4.33. The summed E-state index contributed by atoms with van der Waals surface area (Å²) in [6, 6.07) is 0. The molecule has 4 nitrogen and oxygen atoms in total. The van der Waals surface area contributed by atoms with Gasteiger partial charge in [0.05, 0.1) is 7.05 Å². The third kappa shape index (κ3) is 1.74. The van der Waals surface area contributed by atoms with Gasteiger partial charge >= 0.3 is 0 Å². The Balaban J connectivity index is 2.61. The van der Waals surface area contributed by atoms with Crippen LogP contribution in [0.4, 0.5) is 0 Å². The van der Waals surface area contributed by atoms with Gasteiger partial charge in [-0.1, -0.05) is 15.9 Å². The minimum atomic E-state index is 0.786. The molecule has 0 amide bonds. The Morgan fingerprint density at radius 3 is 2.89 bits per heavy atom. The molecule has 1 aromatic rings. The largest absolute Gasteiger partial charge is 0.175 e. The van der Waals surface area contributed by atoms with E-state index in [4.69, 9.17) is 0 Å². The molecule has 0 aliphatic rings. The molecular formula is C4H7BrN4. The number of rotatable bonds is 2. The maximum atomic E-state index is 3.96. The van der Waals surface area contributed by atoms with E-state index < -0.39 is 0 Å². The predicted molar refractivity (Wildman–Crippen MR) is 36.3 cm³/mol. The number of halogens is 1. The Kier molecular flexibility index (Phi) is 2.16. The normalized spacial score (nSPS) is 10.0. The Bertz CT molecular complexity index is 184. The molecule has 0 fully saturated rings. The second kappa shape index (κ2) is 2.91. The molecule has 1 aromatic heterocycles. The first-order valence-corrected chi connectivity index (χ1v) is 3.74. The van der Waals surface area contributed by atoms with E-state index in [0.29, 0.717) is 0 Å². The highest BCUT2D eigenvalue weighted by molar-refractivity contribution is 9.09. The lowest BCUT2D eigenvalue weighted by Crippen LogP contribution is -1.93. The number of tetrazole rings is 1.